The summed E-state index contributed by atoms with van der Waals surface area (Å²) in [5.74, 6) is 0. The van der Waals surface area contributed by atoms with Gasteiger partial charge in [-0.15, -0.1) is 0 Å². The van der Waals surface area contributed by atoms with Crippen LogP contribution in [0.5, 0.6) is 0 Å². The Labute approximate surface area is 81.8 Å². The average molecular weight is 206 g/mol. The molecule has 0 saturated heterocycles. The van der Waals surface area contributed by atoms with Gasteiger partial charge < -0.3 is 20.3 Å². The number of nitrogens with two attached hydrogens (primary N) is 2. The Morgan fingerprint density at radius 2 is 1.77 bits per heavy atom. The van der Waals surface area contributed by atoms with E-state index in [-0.39, 0.29) is 0 Å². The van der Waals surface area contributed by atoms with Crippen molar-refractivity contribution < 1.29 is 8.85 Å². The van der Waals surface area contributed by atoms with Gasteiger partial charge >= 0.3 is 8.56 Å². The van der Waals surface area contributed by atoms with E-state index < -0.39 is 8.56 Å². The van der Waals surface area contributed by atoms with Crippen molar-refractivity contribution in [1.29, 1.82) is 0 Å². The Hall–Kier alpha value is 0.0569. The maximum Gasteiger partial charge on any atom is 0.334 e. The highest BCUT2D eigenvalue weighted by atomic mass is 28.4. The van der Waals surface area contributed by atoms with Crippen LogP contribution in [0.25, 0.3) is 0 Å². The van der Waals surface area contributed by atoms with Crippen molar-refractivity contribution in [3.63, 3.8) is 0 Å². The van der Waals surface area contributed by atoms with E-state index in [1.54, 1.807) is 7.11 Å². The smallest absolute Gasteiger partial charge is 0.334 e. The van der Waals surface area contributed by atoms with E-state index in [0.29, 0.717) is 19.7 Å². The third kappa shape index (κ3) is 6.17. The Kier molecular flexibility index (Phi) is 7.49. The van der Waals surface area contributed by atoms with Gasteiger partial charge in [0.25, 0.3) is 0 Å². The van der Waals surface area contributed by atoms with Crippen LogP contribution in [0.4, 0.5) is 0 Å². The lowest BCUT2D eigenvalue weighted by Gasteiger charge is -2.24. The summed E-state index contributed by atoms with van der Waals surface area (Å²) in [6, 6.07) is 0.963. The van der Waals surface area contributed by atoms with Gasteiger partial charge in [0.05, 0.1) is 0 Å². The first-order valence-corrected chi connectivity index (χ1v) is 7.30. The van der Waals surface area contributed by atoms with E-state index in [4.69, 9.17) is 20.3 Å². The van der Waals surface area contributed by atoms with Crippen LogP contribution >= 0.6 is 0 Å². The van der Waals surface area contributed by atoms with Crippen molar-refractivity contribution in [2.75, 3.05) is 26.8 Å². The van der Waals surface area contributed by atoms with Gasteiger partial charge in [0.15, 0.2) is 0 Å². The lowest BCUT2D eigenvalue weighted by molar-refractivity contribution is 0.202. The summed E-state index contributed by atoms with van der Waals surface area (Å²) >= 11 is 0. The topological polar surface area (TPSA) is 70.5 Å². The van der Waals surface area contributed by atoms with E-state index in [0.717, 1.165) is 18.9 Å². The van der Waals surface area contributed by atoms with E-state index >= 15 is 0 Å². The Balaban J connectivity index is 3.67. The molecule has 0 rings (SSSR count). The zero-order valence-electron chi connectivity index (χ0n) is 8.71. The second-order valence-corrected chi connectivity index (χ2v) is 6.69. The van der Waals surface area contributed by atoms with Crippen LogP contribution in [0.1, 0.15) is 12.8 Å². The van der Waals surface area contributed by atoms with Crippen LogP contribution in [0.15, 0.2) is 0 Å². The normalized spacial score (nSPS) is 15.7. The monoisotopic (exact) mass is 206 g/mol. The molecule has 0 aliphatic rings. The van der Waals surface area contributed by atoms with Crippen LogP contribution < -0.4 is 11.5 Å². The summed E-state index contributed by atoms with van der Waals surface area (Å²) in [7, 11) is -0.204. The lowest BCUT2D eigenvalue weighted by Crippen LogP contribution is -2.38. The number of hydrogen-bond donors (Lipinski definition) is 2. The maximum atomic E-state index is 5.70. The van der Waals surface area contributed by atoms with E-state index in [2.05, 4.69) is 6.55 Å². The average Bonchev–Trinajstić information content (AvgIpc) is 2.15. The third-order valence-electron chi connectivity index (χ3n) is 2.02. The zero-order chi connectivity index (χ0) is 10.2. The van der Waals surface area contributed by atoms with Gasteiger partial charge in [-0.3, -0.25) is 0 Å². The molecule has 0 radical (unpaired) electrons. The van der Waals surface area contributed by atoms with Gasteiger partial charge in [-0.2, -0.15) is 0 Å². The lowest BCUT2D eigenvalue weighted by atomic mass is 10.5. The van der Waals surface area contributed by atoms with Gasteiger partial charge in [-0.1, -0.05) is 0 Å². The predicted octanol–water partition coefficient (Wildman–Crippen LogP) is 0.419. The first-order valence-electron chi connectivity index (χ1n) is 4.78. The molecule has 1 unspecified atom stereocenters. The van der Waals surface area contributed by atoms with Gasteiger partial charge in [0.1, 0.15) is 0 Å². The summed E-state index contributed by atoms with van der Waals surface area (Å²) in [5.41, 5.74) is 10.8. The Morgan fingerprint density at radius 1 is 1.15 bits per heavy atom. The van der Waals surface area contributed by atoms with Gasteiger partial charge in [0, 0.05) is 13.7 Å². The molecule has 0 aliphatic carbocycles. The molecule has 0 saturated carbocycles. The van der Waals surface area contributed by atoms with Gasteiger partial charge in [0.2, 0.25) is 0 Å². The first kappa shape index (κ1) is 13.1. The molecule has 1 atom stereocenters. The minimum absolute atomic E-state index is 0.672. The van der Waals surface area contributed by atoms with Gasteiger partial charge in [-0.05, 0) is 38.5 Å². The fourth-order valence-corrected chi connectivity index (χ4v) is 2.92. The minimum atomic E-state index is -1.92. The number of rotatable bonds is 8. The molecule has 0 fully saturated rings. The molecule has 0 aliphatic heterocycles. The quantitative estimate of drug-likeness (QED) is 0.446. The molecule has 0 amide bonds. The Morgan fingerprint density at radius 3 is 2.23 bits per heavy atom. The largest absolute Gasteiger partial charge is 0.398 e. The summed E-state index contributed by atoms with van der Waals surface area (Å²) < 4.78 is 11.1. The van der Waals surface area contributed by atoms with Crippen molar-refractivity contribution in [3.05, 3.63) is 0 Å². The molecule has 13 heavy (non-hydrogen) atoms. The highest BCUT2D eigenvalue weighted by Crippen LogP contribution is 2.14. The summed E-state index contributed by atoms with van der Waals surface area (Å²) in [4.78, 5) is 0. The highest BCUT2D eigenvalue weighted by Gasteiger charge is 2.28. The van der Waals surface area contributed by atoms with E-state index in [1.165, 1.54) is 0 Å². The molecule has 4 N–H and O–H groups in total. The van der Waals surface area contributed by atoms with Crippen molar-refractivity contribution in [3.8, 4) is 0 Å². The van der Waals surface area contributed by atoms with Crippen LogP contribution in [0, 0.1) is 0 Å². The fraction of sp³-hybridized carbons (Fsp3) is 1.00. The molecule has 4 nitrogen and oxygen atoms in total. The minimum Gasteiger partial charge on any atom is -0.398 e. The molecule has 5 heteroatoms. The molecule has 0 spiro atoms. The highest BCUT2D eigenvalue weighted by molar-refractivity contribution is 6.65. The van der Waals surface area contributed by atoms with Crippen molar-refractivity contribution >= 4 is 8.56 Å². The van der Waals surface area contributed by atoms with Crippen molar-refractivity contribution in [1.82, 2.24) is 0 Å². The van der Waals surface area contributed by atoms with Crippen LogP contribution in [0.2, 0.25) is 12.6 Å². The third-order valence-corrected chi connectivity index (χ3v) is 4.96. The number of hydrogen-bond acceptors (Lipinski definition) is 4. The van der Waals surface area contributed by atoms with E-state index in [9.17, 15) is 0 Å². The SMILES string of the molecule is CO[Si](C)(CCCN)OCCCN. The van der Waals surface area contributed by atoms with Crippen LogP contribution in [0.3, 0.4) is 0 Å². The molecule has 0 aromatic carbocycles. The summed E-state index contributed by atoms with van der Waals surface area (Å²) in [6.45, 7) is 4.15. The van der Waals surface area contributed by atoms with Crippen molar-refractivity contribution in [2.24, 2.45) is 11.5 Å². The molecule has 0 heterocycles. The van der Waals surface area contributed by atoms with Gasteiger partial charge in [-0.25, -0.2) is 0 Å². The van der Waals surface area contributed by atoms with E-state index in [1.807, 2.05) is 0 Å². The Bertz CT molecular complexity index is 127. The second kappa shape index (κ2) is 7.46. The zero-order valence-corrected chi connectivity index (χ0v) is 9.71. The summed E-state index contributed by atoms with van der Waals surface area (Å²) in [5, 5.41) is 0. The van der Waals surface area contributed by atoms with Crippen molar-refractivity contribution in [2.45, 2.75) is 25.4 Å². The summed E-state index contributed by atoms with van der Waals surface area (Å²) in [6.07, 6.45) is 1.87. The molecule has 80 valence electrons. The molecular weight excluding hydrogens is 184 g/mol. The fourth-order valence-electron chi connectivity index (χ4n) is 1.03. The molecular formula is C8H22N2O2Si. The molecule has 0 bridgehead atoms. The second-order valence-electron chi connectivity index (χ2n) is 3.22. The molecule has 0 aromatic heterocycles. The van der Waals surface area contributed by atoms with Crippen LogP contribution in [-0.2, 0) is 8.85 Å². The maximum absolute atomic E-state index is 5.70. The first-order chi connectivity index (χ1) is 6.18. The molecule has 0 aromatic rings. The predicted molar refractivity (Wildman–Crippen MR) is 56.7 cm³/mol. The standard InChI is InChI=1S/C8H22N2O2Si/c1-11-13(2,8-4-6-10)12-7-3-5-9/h3-10H2,1-2H3. The van der Waals surface area contributed by atoms with Crippen LogP contribution in [-0.4, -0.2) is 35.4 Å².